The molecule has 6 nitrogen and oxygen atoms in total. The van der Waals surface area contributed by atoms with E-state index in [2.05, 4.69) is 10.3 Å². The van der Waals surface area contributed by atoms with Crippen molar-refractivity contribution in [3.63, 3.8) is 0 Å². The molecule has 1 aliphatic rings. The quantitative estimate of drug-likeness (QED) is 0.256. The first-order valence-corrected chi connectivity index (χ1v) is 13.1. The van der Waals surface area contributed by atoms with Gasteiger partial charge in [0.1, 0.15) is 0 Å². The van der Waals surface area contributed by atoms with E-state index in [1.807, 2.05) is 0 Å². The Morgan fingerprint density at radius 1 is 0.951 bits per heavy atom. The number of nitrogens with one attached hydrogen (secondary N) is 1. The van der Waals surface area contributed by atoms with Gasteiger partial charge in [0.2, 0.25) is 11.8 Å². The number of carbonyl (C=O) groups is 2. The molecule has 1 fully saturated rings. The Hall–Kier alpha value is -3.84. The normalized spacial score (nSPS) is 14.3. The van der Waals surface area contributed by atoms with E-state index in [4.69, 9.17) is 4.74 Å². The van der Waals surface area contributed by atoms with Gasteiger partial charge in [0.05, 0.1) is 30.8 Å². The molecule has 0 bridgehead atoms. The van der Waals surface area contributed by atoms with Crippen LogP contribution in [0.5, 0.6) is 0 Å². The zero-order valence-corrected chi connectivity index (χ0v) is 22.1. The lowest BCUT2D eigenvalue weighted by molar-refractivity contribution is -0.163. The highest BCUT2D eigenvalue weighted by Gasteiger charge is 2.46. The van der Waals surface area contributed by atoms with E-state index in [0.29, 0.717) is 17.3 Å². The van der Waals surface area contributed by atoms with Crippen LogP contribution in [0, 0.1) is 0 Å². The second-order valence-electron chi connectivity index (χ2n) is 8.88. The third-order valence-corrected chi connectivity index (χ3v) is 7.00. The van der Waals surface area contributed by atoms with E-state index in [-0.39, 0.29) is 43.3 Å². The molecular formula is C28H23F6N3O3S. The zero-order valence-electron chi connectivity index (χ0n) is 21.3. The van der Waals surface area contributed by atoms with Crippen LogP contribution in [0.2, 0.25) is 0 Å². The van der Waals surface area contributed by atoms with Crippen molar-refractivity contribution in [2.24, 2.45) is 0 Å². The number of hydrogen-bond acceptors (Lipinski definition) is 5. The average Bonchev–Trinajstić information content (AvgIpc) is 2.92. The summed E-state index contributed by atoms with van der Waals surface area (Å²) in [5.74, 6) is -1.02. The minimum Gasteiger partial charge on any atom is -0.378 e. The number of carbonyl (C=O) groups excluding carboxylic acids is 2. The fourth-order valence-electron chi connectivity index (χ4n) is 4.12. The number of halogens is 6. The first-order valence-electron chi connectivity index (χ1n) is 12.2. The monoisotopic (exact) mass is 595 g/mol. The van der Waals surface area contributed by atoms with E-state index in [1.165, 1.54) is 41.6 Å². The van der Waals surface area contributed by atoms with Gasteiger partial charge < -0.3 is 15.0 Å². The topological polar surface area (TPSA) is 71.5 Å². The van der Waals surface area contributed by atoms with Crippen LogP contribution < -0.4 is 5.32 Å². The van der Waals surface area contributed by atoms with Gasteiger partial charge >= 0.3 is 12.4 Å². The van der Waals surface area contributed by atoms with Gasteiger partial charge in [-0.2, -0.15) is 26.3 Å². The van der Waals surface area contributed by atoms with Crippen LogP contribution in [-0.4, -0.2) is 48.0 Å². The molecule has 0 atom stereocenters. The van der Waals surface area contributed by atoms with Crippen LogP contribution in [0.4, 0.5) is 32.0 Å². The molecule has 2 aromatic carbocycles. The average molecular weight is 596 g/mol. The number of rotatable bonds is 7. The fourth-order valence-corrected chi connectivity index (χ4v) is 5.16. The van der Waals surface area contributed by atoms with Crippen LogP contribution in [0.25, 0.3) is 6.08 Å². The van der Waals surface area contributed by atoms with Crippen LogP contribution >= 0.6 is 11.8 Å². The van der Waals surface area contributed by atoms with Gasteiger partial charge in [-0.25, -0.2) is 0 Å². The van der Waals surface area contributed by atoms with E-state index in [9.17, 15) is 35.9 Å². The molecule has 1 N–H and O–H groups in total. The smallest absolute Gasteiger partial charge is 0.378 e. The third-order valence-electron chi connectivity index (χ3n) is 5.95. The first kappa shape index (κ1) is 30.1. The molecule has 2 heterocycles. The minimum absolute atomic E-state index is 0.0239. The minimum atomic E-state index is -5.37. The summed E-state index contributed by atoms with van der Waals surface area (Å²) in [7, 11) is 0. The Kier molecular flexibility index (Phi) is 9.38. The number of morpholine rings is 1. The first-order chi connectivity index (χ1) is 19.4. The second kappa shape index (κ2) is 12.8. The molecule has 41 heavy (non-hydrogen) atoms. The molecule has 0 unspecified atom stereocenters. The molecule has 13 heteroatoms. The number of ether oxygens (including phenoxy) is 1. The molecule has 2 amide bonds. The number of amides is 2. The standard InChI is InChI=1S/C28H23F6N3O3S/c29-27(30,31)25-19(5-7-24(39)37-12-14-40-15-13-37)4-6-22(26(25)28(32,33)34)41-21-3-1-2-20(17-21)36-23(38)16-18-8-10-35-11-9-18/h1-11,17H,12-16H2,(H,36,38)/b7-5+. The van der Waals surface area contributed by atoms with Crippen LogP contribution in [0.1, 0.15) is 22.3 Å². The molecule has 1 aliphatic heterocycles. The lowest BCUT2D eigenvalue weighted by Crippen LogP contribution is -2.39. The lowest BCUT2D eigenvalue weighted by atomic mass is 9.99. The lowest BCUT2D eigenvalue weighted by Gasteiger charge is -2.25. The highest BCUT2D eigenvalue weighted by Crippen LogP contribution is 2.48. The summed E-state index contributed by atoms with van der Waals surface area (Å²) in [6.07, 6.45) is -6.07. The SMILES string of the molecule is O=C(Cc1ccncc1)Nc1cccc(Sc2ccc(/C=C/C(=O)N3CCOCC3)c(C(F)(F)F)c2C(F)(F)F)c1. The highest BCUT2D eigenvalue weighted by atomic mass is 32.2. The van der Waals surface area contributed by atoms with E-state index in [0.717, 1.165) is 24.3 Å². The van der Waals surface area contributed by atoms with Crippen molar-refractivity contribution in [3.8, 4) is 0 Å². The maximum absolute atomic E-state index is 14.2. The van der Waals surface area contributed by atoms with Gasteiger partial charge in [0.25, 0.3) is 0 Å². The summed E-state index contributed by atoms with van der Waals surface area (Å²) >= 11 is 0.480. The van der Waals surface area contributed by atoms with Gasteiger partial charge in [-0.05, 0) is 53.6 Å². The Morgan fingerprint density at radius 2 is 1.63 bits per heavy atom. The molecular weight excluding hydrogens is 572 g/mol. The third kappa shape index (κ3) is 8.10. The number of anilines is 1. The fraction of sp³-hybridized carbons (Fsp3) is 0.250. The molecule has 3 aromatic rings. The molecule has 1 aromatic heterocycles. The van der Waals surface area contributed by atoms with Crippen LogP contribution in [0.3, 0.4) is 0 Å². The van der Waals surface area contributed by atoms with E-state index >= 15 is 0 Å². The van der Waals surface area contributed by atoms with Gasteiger partial charge in [0, 0.05) is 47.0 Å². The summed E-state index contributed by atoms with van der Waals surface area (Å²) in [5, 5.41) is 2.63. The van der Waals surface area contributed by atoms with E-state index in [1.54, 1.807) is 12.1 Å². The molecule has 0 aliphatic carbocycles. The number of hydrogen-bond donors (Lipinski definition) is 1. The van der Waals surface area contributed by atoms with Crippen molar-refractivity contribution in [3.05, 3.63) is 89.3 Å². The van der Waals surface area contributed by atoms with Crippen molar-refractivity contribution in [1.29, 1.82) is 0 Å². The van der Waals surface area contributed by atoms with Crippen LogP contribution in [0.15, 0.2) is 76.8 Å². The zero-order chi connectivity index (χ0) is 29.6. The Morgan fingerprint density at radius 3 is 2.29 bits per heavy atom. The summed E-state index contributed by atoms with van der Waals surface area (Å²) in [4.78, 5) is 29.5. The van der Waals surface area contributed by atoms with Crippen molar-refractivity contribution < 1.29 is 40.7 Å². The molecule has 0 radical (unpaired) electrons. The number of benzene rings is 2. The Balaban J connectivity index is 1.62. The van der Waals surface area contributed by atoms with Crippen molar-refractivity contribution in [2.45, 2.75) is 28.6 Å². The number of alkyl halides is 6. The number of aromatic nitrogens is 1. The second-order valence-corrected chi connectivity index (χ2v) is 10.00. The van der Waals surface area contributed by atoms with Gasteiger partial charge in [-0.1, -0.05) is 23.9 Å². The van der Waals surface area contributed by atoms with Crippen molar-refractivity contribution in [1.82, 2.24) is 9.88 Å². The predicted molar refractivity (Wildman–Crippen MR) is 140 cm³/mol. The summed E-state index contributed by atoms with van der Waals surface area (Å²) in [6, 6.07) is 10.9. The number of pyridine rings is 1. The summed E-state index contributed by atoms with van der Waals surface area (Å²) in [6.45, 7) is 0.962. The maximum Gasteiger partial charge on any atom is 0.418 e. The van der Waals surface area contributed by atoms with Crippen molar-refractivity contribution >= 4 is 35.3 Å². The van der Waals surface area contributed by atoms with Gasteiger partial charge in [-0.3, -0.25) is 14.6 Å². The number of nitrogens with zero attached hydrogens (tertiary/aromatic N) is 2. The molecule has 1 saturated heterocycles. The predicted octanol–water partition coefficient (Wildman–Crippen LogP) is 6.32. The molecule has 216 valence electrons. The maximum atomic E-state index is 14.2. The summed E-state index contributed by atoms with van der Waals surface area (Å²) < 4.78 is 90.0. The molecule has 0 saturated carbocycles. The van der Waals surface area contributed by atoms with Crippen LogP contribution in [-0.2, 0) is 33.1 Å². The van der Waals surface area contributed by atoms with Crippen molar-refractivity contribution in [2.75, 3.05) is 31.6 Å². The largest absolute Gasteiger partial charge is 0.418 e. The van der Waals surface area contributed by atoms with E-state index < -0.39 is 45.8 Å². The Labute approximate surface area is 235 Å². The Bertz CT molecular complexity index is 1420. The molecule has 0 spiro atoms. The summed E-state index contributed by atoms with van der Waals surface area (Å²) in [5.41, 5.74) is -3.57. The molecule has 4 rings (SSSR count). The van der Waals surface area contributed by atoms with Gasteiger partial charge in [0.15, 0.2) is 0 Å². The highest BCUT2D eigenvalue weighted by molar-refractivity contribution is 7.99. The van der Waals surface area contributed by atoms with Gasteiger partial charge in [-0.15, -0.1) is 0 Å².